The zero-order valence-electron chi connectivity index (χ0n) is 15.5. The monoisotopic (exact) mass is 380 g/mol. The fourth-order valence-corrected chi connectivity index (χ4v) is 4.61. The fraction of sp³-hybridized carbons (Fsp3) is 0.611. The van der Waals surface area contributed by atoms with Gasteiger partial charge in [0, 0.05) is 51.4 Å². The highest BCUT2D eigenvalue weighted by molar-refractivity contribution is 7.89. The van der Waals surface area contributed by atoms with Crippen molar-refractivity contribution in [3.8, 4) is 0 Å². The Hall–Kier alpha value is -1.48. The molecule has 2 aliphatic heterocycles. The number of hydrogen-bond acceptors (Lipinski definition) is 5. The van der Waals surface area contributed by atoms with Gasteiger partial charge in [-0.25, -0.2) is 13.1 Å². The zero-order valence-corrected chi connectivity index (χ0v) is 16.3. The maximum Gasteiger partial charge on any atom is 0.240 e. The van der Waals surface area contributed by atoms with Crippen molar-refractivity contribution in [1.82, 2.24) is 14.5 Å². The van der Waals surface area contributed by atoms with Crippen LogP contribution >= 0.6 is 0 Å². The molecule has 1 aromatic carbocycles. The fourth-order valence-electron chi connectivity index (χ4n) is 3.40. The summed E-state index contributed by atoms with van der Waals surface area (Å²) >= 11 is 0. The van der Waals surface area contributed by atoms with Crippen LogP contribution < -0.4 is 10.0 Å². The van der Waals surface area contributed by atoms with E-state index in [9.17, 15) is 13.2 Å². The number of benzene rings is 1. The Morgan fingerprint density at radius 3 is 2.65 bits per heavy atom. The van der Waals surface area contributed by atoms with Crippen LogP contribution in [0.5, 0.6) is 0 Å². The van der Waals surface area contributed by atoms with Crippen LogP contribution in [0, 0.1) is 5.92 Å². The first-order chi connectivity index (χ1) is 12.3. The van der Waals surface area contributed by atoms with E-state index in [2.05, 4.69) is 33.8 Å². The highest BCUT2D eigenvalue weighted by Crippen LogP contribution is 2.25. The Morgan fingerprint density at radius 1 is 1.19 bits per heavy atom. The molecule has 0 aromatic heterocycles. The number of sulfonamides is 1. The van der Waals surface area contributed by atoms with Crippen LogP contribution in [-0.4, -0.2) is 70.4 Å². The summed E-state index contributed by atoms with van der Waals surface area (Å²) in [6.07, 6.45) is 0.969. The predicted octanol–water partition coefficient (Wildman–Crippen LogP) is 0.733. The van der Waals surface area contributed by atoms with Crippen LogP contribution in [0.15, 0.2) is 23.1 Å². The van der Waals surface area contributed by atoms with Crippen LogP contribution in [0.2, 0.25) is 0 Å². The van der Waals surface area contributed by atoms with Gasteiger partial charge in [-0.3, -0.25) is 4.79 Å². The van der Waals surface area contributed by atoms with Gasteiger partial charge in [0.25, 0.3) is 0 Å². The number of anilines is 1. The highest BCUT2D eigenvalue weighted by Gasteiger charge is 2.21. The van der Waals surface area contributed by atoms with Crippen molar-refractivity contribution >= 4 is 21.6 Å². The van der Waals surface area contributed by atoms with Crippen molar-refractivity contribution < 1.29 is 13.2 Å². The molecule has 0 radical (unpaired) electrons. The molecule has 26 heavy (non-hydrogen) atoms. The van der Waals surface area contributed by atoms with Crippen molar-refractivity contribution in [3.63, 3.8) is 0 Å². The Balaban J connectivity index is 1.56. The maximum atomic E-state index is 12.6. The predicted molar refractivity (Wildman–Crippen MR) is 102 cm³/mol. The molecule has 1 unspecified atom stereocenters. The minimum atomic E-state index is -3.54. The summed E-state index contributed by atoms with van der Waals surface area (Å²) in [7, 11) is -1.42. The van der Waals surface area contributed by atoms with Crippen molar-refractivity contribution in [3.05, 3.63) is 23.8 Å². The maximum absolute atomic E-state index is 12.6. The molecule has 0 spiro atoms. The van der Waals surface area contributed by atoms with Crippen molar-refractivity contribution in [2.24, 2.45) is 5.92 Å². The Morgan fingerprint density at radius 2 is 1.92 bits per heavy atom. The third-order valence-corrected chi connectivity index (χ3v) is 6.49. The minimum Gasteiger partial charge on any atom is -0.326 e. The molecule has 7 nitrogen and oxygen atoms in total. The quantitative estimate of drug-likeness (QED) is 0.761. The summed E-state index contributed by atoms with van der Waals surface area (Å²) < 4.78 is 27.9. The largest absolute Gasteiger partial charge is 0.326 e. The number of likely N-dealkylation sites (N-methyl/N-ethyl adjacent to an activating group) is 1. The molecule has 1 amide bonds. The van der Waals surface area contributed by atoms with E-state index in [1.165, 1.54) is 0 Å². The van der Waals surface area contributed by atoms with Crippen molar-refractivity contribution in [2.45, 2.75) is 24.7 Å². The summed E-state index contributed by atoms with van der Waals surface area (Å²) in [5.41, 5.74) is 1.58. The lowest BCUT2D eigenvalue weighted by Crippen LogP contribution is -2.46. The molecule has 2 heterocycles. The molecule has 0 bridgehead atoms. The second kappa shape index (κ2) is 8.04. The van der Waals surface area contributed by atoms with E-state index in [0.29, 0.717) is 25.1 Å². The molecule has 0 aliphatic carbocycles. The van der Waals surface area contributed by atoms with Crippen molar-refractivity contribution in [2.75, 3.05) is 51.6 Å². The molecule has 3 rings (SSSR count). The van der Waals surface area contributed by atoms with Crippen LogP contribution in [0.1, 0.15) is 18.9 Å². The first-order valence-electron chi connectivity index (χ1n) is 9.17. The van der Waals surface area contributed by atoms with E-state index in [1.54, 1.807) is 18.2 Å². The van der Waals surface area contributed by atoms with E-state index in [0.717, 1.165) is 38.3 Å². The van der Waals surface area contributed by atoms with E-state index < -0.39 is 10.0 Å². The number of nitrogens with one attached hydrogen (secondary N) is 2. The number of piperazine rings is 1. The van der Waals surface area contributed by atoms with Crippen LogP contribution in [-0.2, 0) is 21.2 Å². The number of fused-ring (bicyclic) bond motifs is 1. The average Bonchev–Trinajstić information content (AvgIpc) is 2.61. The van der Waals surface area contributed by atoms with Gasteiger partial charge in [0.1, 0.15) is 0 Å². The van der Waals surface area contributed by atoms with Crippen LogP contribution in [0.4, 0.5) is 5.69 Å². The van der Waals surface area contributed by atoms with Gasteiger partial charge in [0.2, 0.25) is 15.9 Å². The van der Waals surface area contributed by atoms with Gasteiger partial charge in [-0.15, -0.1) is 0 Å². The van der Waals surface area contributed by atoms with E-state index in [-0.39, 0.29) is 16.7 Å². The number of amides is 1. The molecule has 8 heteroatoms. The minimum absolute atomic E-state index is 0.0241. The standard InChI is InChI=1S/C18H28N4O3S/c1-14(13-22-9-7-21(2)8-10-22)12-19-26(24,25)16-4-5-17-15(11-16)3-6-18(23)20-17/h4-5,11,14,19H,3,6-10,12-13H2,1-2H3,(H,20,23). The smallest absolute Gasteiger partial charge is 0.240 e. The number of carbonyl (C=O) groups excluding carboxylic acids is 1. The molecule has 2 aliphatic rings. The first kappa shape index (κ1) is 19.3. The third-order valence-electron chi connectivity index (χ3n) is 5.07. The van der Waals surface area contributed by atoms with Crippen LogP contribution in [0.3, 0.4) is 0 Å². The average molecular weight is 381 g/mol. The normalized spacial score (nSPS) is 20.5. The van der Waals surface area contributed by atoms with Crippen LogP contribution in [0.25, 0.3) is 0 Å². The molecule has 1 fully saturated rings. The first-order valence-corrected chi connectivity index (χ1v) is 10.6. The second-order valence-electron chi connectivity index (χ2n) is 7.43. The summed E-state index contributed by atoms with van der Waals surface area (Å²) in [6, 6.07) is 4.90. The molecule has 1 atom stereocenters. The molecule has 0 saturated carbocycles. The molecular weight excluding hydrogens is 352 g/mol. The Kier molecular flexibility index (Phi) is 5.96. The lowest BCUT2D eigenvalue weighted by molar-refractivity contribution is -0.116. The SMILES string of the molecule is CC(CNS(=O)(=O)c1ccc2c(c1)CCC(=O)N2)CN1CCN(C)CC1. The second-order valence-corrected chi connectivity index (χ2v) is 9.20. The van der Waals surface area contributed by atoms with Crippen molar-refractivity contribution in [1.29, 1.82) is 0 Å². The Labute approximate surface area is 155 Å². The van der Waals surface area contributed by atoms with Gasteiger partial charge in [-0.2, -0.15) is 0 Å². The van der Waals surface area contributed by atoms with Gasteiger partial charge in [-0.1, -0.05) is 6.92 Å². The topological polar surface area (TPSA) is 81.7 Å². The number of nitrogens with zero attached hydrogens (tertiary/aromatic N) is 2. The summed E-state index contributed by atoms with van der Waals surface area (Å²) in [4.78, 5) is 16.4. The molecule has 144 valence electrons. The van der Waals surface area contributed by atoms with Gasteiger partial charge in [0.05, 0.1) is 4.90 Å². The lowest BCUT2D eigenvalue weighted by atomic mass is 10.0. The third kappa shape index (κ3) is 4.82. The number of aryl methyl sites for hydroxylation is 1. The van der Waals surface area contributed by atoms with Gasteiger partial charge < -0.3 is 15.1 Å². The zero-order chi connectivity index (χ0) is 18.7. The van der Waals surface area contributed by atoms with E-state index in [1.807, 2.05) is 0 Å². The van der Waals surface area contributed by atoms with Gasteiger partial charge >= 0.3 is 0 Å². The number of rotatable bonds is 6. The number of hydrogen-bond donors (Lipinski definition) is 2. The van der Waals surface area contributed by atoms with E-state index in [4.69, 9.17) is 0 Å². The highest BCUT2D eigenvalue weighted by atomic mass is 32.2. The molecule has 1 saturated heterocycles. The Bertz CT molecular complexity index is 758. The number of carbonyl (C=O) groups is 1. The molecular formula is C18H28N4O3S. The summed E-state index contributed by atoms with van der Waals surface area (Å²) in [5.74, 6) is 0.217. The van der Waals surface area contributed by atoms with E-state index >= 15 is 0 Å². The van der Waals surface area contributed by atoms with Gasteiger partial charge in [-0.05, 0) is 43.1 Å². The molecule has 2 N–H and O–H groups in total. The molecule has 1 aromatic rings. The summed E-state index contributed by atoms with van der Waals surface area (Å²) in [5, 5.41) is 2.77. The van der Waals surface area contributed by atoms with Gasteiger partial charge in [0.15, 0.2) is 0 Å². The lowest BCUT2D eigenvalue weighted by Gasteiger charge is -2.33. The summed E-state index contributed by atoms with van der Waals surface area (Å²) in [6.45, 7) is 7.57.